The van der Waals surface area contributed by atoms with E-state index in [1.165, 1.54) is 0 Å². The summed E-state index contributed by atoms with van der Waals surface area (Å²) in [7, 11) is 2.09. The number of ether oxygens (including phenoxy) is 1. The van der Waals surface area contributed by atoms with Gasteiger partial charge >= 0.3 is 0 Å². The molecular weight excluding hydrogens is 127 g/mol. The summed E-state index contributed by atoms with van der Waals surface area (Å²) in [4.78, 5) is 0. The van der Waals surface area contributed by atoms with Gasteiger partial charge in [-0.1, -0.05) is 0 Å². The second kappa shape index (κ2) is 2.24. The van der Waals surface area contributed by atoms with Gasteiger partial charge < -0.3 is 9.84 Å². The lowest BCUT2D eigenvalue weighted by atomic mass is 9.91. The highest BCUT2D eigenvalue weighted by molar-refractivity contribution is 6.11. The highest BCUT2D eigenvalue weighted by atomic mass is 16.5. The molecule has 0 radical (unpaired) electrons. The van der Waals surface area contributed by atoms with Crippen LogP contribution in [0.15, 0.2) is 0 Å². The van der Waals surface area contributed by atoms with Crippen molar-refractivity contribution in [1.82, 2.24) is 0 Å². The summed E-state index contributed by atoms with van der Waals surface area (Å²) in [6.45, 7) is 0. The maximum atomic E-state index is 9.39. The Morgan fingerprint density at radius 3 is 2.90 bits per heavy atom. The molecule has 1 unspecified atom stereocenters. The standard InChI is InChI=1S/C7H13BO2/c8-6-3-4-1-2-5(9)7(4)10-6/h4-7,9H,1-3,8H2/t4?,5-,6-,7+/m1/s1. The minimum Gasteiger partial charge on any atom is -0.390 e. The molecule has 1 heterocycles. The SMILES string of the molecule is B[C@H]1CC2CC[C@@H](O)[C@H]2O1. The third-order valence-corrected chi connectivity index (χ3v) is 2.70. The maximum absolute atomic E-state index is 9.39. The van der Waals surface area contributed by atoms with Crippen LogP contribution in [0.2, 0.25) is 0 Å². The summed E-state index contributed by atoms with van der Waals surface area (Å²) in [6.07, 6.45) is 3.27. The van der Waals surface area contributed by atoms with Gasteiger partial charge in [0.25, 0.3) is 0 Å². The Labute approximate surface area is 62.0 Å². The Morgan fingerprint density at radius 2 is 2.20 bits per heavy atom. The van der Waals surface area contributed by atoms with Gasteiger partial charge in [0.1, 0.15) is 7.85 Å². The van der Waals surface area contributed by atoms with Gasteiger partial charge in [0, 0.05) is 6.00 Å². The highest BCUT2D eigenvalue weighted by Gasteiger charge is 2.41. The Kier molecular flexibility index (Phi) is 1.50. The lowest BCUT2D eigenvalue weighted by Crippen LogP contribution is -2.23. The number of aliphatic hydroxyl groups excluding tert-OH is 1. The van der Waals surface area contributed by atoms with Crippen molar-refractivity contribution in [2.45, 2.75) is 37.5 Å². The van der Waals surface area contributed by atoms with Crippen LogP contribution in [0.25, 0.3) is 0 Å². The van der Waals surface area contributed by atoms with E-state index in [-0.39, 0.29) is 12.2 Å². The molecule has 1 aliphatic carbocycles. The molecule has 1 saturated carbocycles. The second-order valence-corrected chi connectivity index (χ2v) is 3.55. The first-order valence-corrected chi connectivity index (χ1v) is 4.11. The second-order valence-electron chi connectivity index (χ2n) is 3.55. The molecule has 1 saturated heterocycles. The van der Waals surface area contributed by atoms with Crippen molar-refractivity contribution in [3.05, 3.63) is 0 Å². The van der Waals surface area contributed by atoms with Crippen molar-refractivity contribution < 1.29 is 9.84 Å². The van der Waals surface area contributed by atoms with E-state index >= 15 is 0 Å². The quantitative estimate of drug-likeness (QED) is 0.460. The first-order chi connectivity index (χ1) is 4.77. The first kappa shape index (κ1) is 6.68. The average Bonchev–Trinajstić information content (AvgIpc) is 2.35. The summed E-state index contributed by atoms with van der Waals surface area (Å²) in [5.41, 5.74) is 0. The number of rotatable bonds is 0. The molecule has 0 aromatic heterocycles. The molecule has 2 rings (SSSR count). The van der Waals surface area contributed by atoms with Gasteiger partial charge in [0.2, 0.25) is 0 Å². The van der Waals surface area contributed by atoms with E-state index in [1.807, 2.05) is 0 Å². The largest absolute Gasteiger partial charge is 0.390 e. The molecule has 10 heavy (non-hydrogen) atoms. The van der Waals surface area contributed by atoms with E-state index in [0.29, 0.717) is 11.9 Å². The molecule has 1 N–H and O–H groups in total. The smallest absolute Gasteiger partial charge is 0.139 e. The van der Waals surface area contributed by atoms with E-state index in [1.54, 1.807) is 0 Å². The Morgan fingerprint density at radius 1 is 1.40 bits per heavy atom. The zero-order valence-electron chi connectivity index (χ0n) is 6.29. The molecule has 2 aliphatic rings. The van der Waals surface area contributed by atoms with Gasteiger partial charge in [0.05, 0.1) is 12.2 Å². The first-order valence-electron chi connectivity index (χ1n) is 4.11. The van der Waals surface area contributed by atoms with Crippen LogP contribution in [0.5, 0.6) is 0 Å². The number of hydrogen-bond acceptors (Lipinski definition) is 2. The molecule has 0 aromatic carbocycles. The van der Waals surface area contributed by atoms with E-state index in [4.69, 9.17) is 4.74 Å². The van der Waals surface area contributed by atoms with Gasteiger partial charge in [0.15, 0.2) is 0 Å². The molecule has 0 aromatic rings. The number of aliphatic hydroxyl groups is 1. The van der Waals surface area contributed by atoms with Crippen LogP contribution in [0.1, 0.15) is 19.3 Å². The predicted octanol–water partition coefficient (Wildman–Crippen LogP) is -0.495. The summed E-state index contributed by atoms with van der Waals surface area (Å²) in [5, 5.41) is 9.39. The van der Waals surface area contributed by atoms with E-state index in [9.17, 15) is 5.11 Å². The maximum Gasteiger partial charge on any atom is 0.139 e. The molecule has 3 heteroatoms. The Balaban J connectivity index is 2.05. The van der Waals surface area contributed by atoms with E-state index in [2.05, 4.69) is 7.85 Å². The molecule has 56 valence electrons. The van der Waals surface area contributed by atoms with Gasteiger partial charge in [-0.3, -0.25) is 0 Å². The van der Waals surface area contributed by atoms with Crippen molar-refractivity contribution in [3.8, 4) is 0 Å². The Bertz CT molecular complexity index is 140. The third kappa shape index (κ3) is 0.885. The van der Waals surface area contributed by atoms with Crippen LogP contribution in [0, 0.1) is 5.92 Å². The van der Waals surface area contributed by atoms with Gasteiger partial charge in [-0.2, -0.15) is 0 Å². The van der Waals surface area contributed by atoms with Gasteiger partial charge in [-0.25, -0.2) is 0 Å². The minimum atomic E-state index is -0.171. The van der Waals surface area contributed by atoms with Gasteiger partial charge in [-0.05, 0) is 25.2 Å². The summed E-state index contributed by atoms with van der Waals surface area (Å²) < 4.78 is 5.55. The van der Waals surface area contributed by atoms with Crippen molar-refractivity contribution in [2.75, 3.05) is 0 Å². The van der Waals surface area contributed by atoms with Crippen molar-refractivity contribution in [2.24, 2.45) is 5.92 Å². The Hall–Kier alpha value is -0.0151. The number of fused-ring (bicyclic) bond motifs is 1. The van der Waals surface area contributed by atoms with Crippen LogP contribution in [-0.4, -0.2) is 31.2 Å². The van der Waals surface area contributed by atoms with Gasteiger partial charge in [-0.15, -0.1) is 0 Å². The van der Waals surface area contributed by atoms with Crippen LogP contribution >= 0.6 is 0 Å². The average molecular weight is 140 g/mol. The van der Waals surface area contributed by atoms with E-state index in [0.717, 1.165) is 19.3 Å². The third-order valence-electron chi connectivity index (χ3n) is 2.70. The normalized spacial score (nSPS) is 53.3. The lowest BCUT2D eigenvalue weighted by Gasteiger charge is -2.12. The lowest BCUT2D eigenvalue weighted by molar-refractivity contribution is -0.00470. The van der Waals surface area contributed by atoms with Crippen molar-refractivity contribution >= 4 is 7.85 Å². The minimum absolute atomic E-state index is 0.171. The zero-order valence-corrected chi connectivity index (χ0v) is 6.29. The van der Waals surface area contributed by atoms with Crippen LogP contribution in [0.3, 0.4) is 0 Å². The fourth-order valence-corrected chi connectivity index (χ4v) is 2.23. The fourth-order valence-electron chi connectivity index (χ4n) is 2.23. The summed E-state index contributed by atoms with van der Waals surface area (Å²) >= 11 is 0. The highest BCUT2D eigenvalue weighted by Crippen LogP contribution is 2.37. The molecule has 0 spiro atoms. The fraction of sp³-hybridized carbons (Fsp3) is 1.00. The molecule has 2 nitrogen and oxygen atoms in total. The molecule has 4 atom stereocenters. The van der Waals surface area contributed by atoms with Crippen LogP contribution in [0.4, 0.5) is 0 Å². The molecule has 2 fully saturated rings. The zero-order chi connectivity index (χ0) is 7.14. The van der Waals surface area contributed by atoms with Crippen molar-refractivity contribution in [3.63, 3.8) is 0 Å². The van der Waals surface area contributed by atoms with E-state index < -0.39 is 0 Å². The monoisotopic (exact) mass is 140 g/mol. The topological polar surface area (TPSA) is 29.5 Å². The predicted molar refractivity (Wildman–Crippen MR) is 40.6 cm³/mol. The van der Waals surface area contributed by atoms with Crippen LogP contribution < -0.4 is 0 Å². The number of hydrogen-bond donors (Lipinski definition) is 1. The summed E-state index contributed by atoms with van der Waals surface area (Å²) in [6, 6.07) is 0.380. The molecule has 0 amide bonds. The van der Waals surface area contributed by atoms with Crippen LogP contribution in [-0.2, 0) is 4.74 Å². The molecular formula is C7H13BO2. The molecule has 0 bridgehead atoms. The molecule has 1 aliphatic heterocycles. The summed E-state index contributed by atoms with van der Waals surface area (Å²) in [5.74, 6) is 0.657. The van der Waals surface area contributed by atoms with Crippen molar-refractivity contribution in [1.29, 1.82) is 0 Å².